The van der Waals surface area contributed by atoms with E-state index in [9.17, 15) is 4.79 Å². The fraction of sp³-hybridized carbons (Fsp3) is 0.500. The van der Waals surface area contributed by atoms with Gasteiger partial charge in [0.25, 0.3) is 5.91 Å². The van der Waals surface area contributed by atoms with Gasteiger partial charge >= 0.3 is 0 Å². The highest BCUT2D eigenvalue weighted by Gasteiger charge is 2.11. The zero-order valence-corrected chi connectivity index (χ0v) is 11.9. The van der Waals surface area contributed by atoms with Crippen LogP contribution in [0.25, 0.3) is 0 Å². The lowest BCUT2D eigenvalue weighted by molar-refractivity contribution is 0.0937. The van der Waals surface area contributed by atoms with Crippen LogP contribution in [0, 0.1) is 5.92 Å². The summed E-state index contributed by atoms with van der Waals surface area (Å²) in [4.78, 5) is 12.0. The average Bonchev–Trinajstić information content (AvgIpc) is 2.30. The van der Waals surface area contributed by atoms with Crippen LogP contribution in [-0.2, 0) is 0 Å². The summed E-state index contributed by atoms with van der Waals surface area (Å²) in [6, 6.07) is 5.09. The van der Waals surface area contributed by atoms with E-state index in [-0.39, 0.29) is 11.9 Å². The smallest absolute Gasteiger partial charge is 0.251 e. The van der Waals surface area contributed by atoms with Crippen molar-refractivity contribution in [1.82, 2.24) is 5.32 Å². The van der Waals surface area contributed by atoms with E-state index in [0.717, 1.165) is 12.8 Å². The molecule has 1 rings (SSSR count). The van der Waals surface area contributed by atoms with Gasteiger partial charge in [-0.05, 0) is 43.9 Å². The molecule has 0 aliphatic carbocycles. The van der Waals surface area contributed by atoms with Gasteiger partial charge in [-0.1, -0.05) is 25.4 Å². The molecular weight excluding hydrogens is 248 g/mol. The van der Waals surface area contributed by atoms with Gasteiger partial charge in [-0.25, -0.2) is 0 Å². The first-order valence-electron chi connectivity index (χ1n) is 6.26. The number of hydrogen-bond acceptors (Lipinski definition) is 2. The van der Waals surface area contributed by atoms with Crippen LogP contribution in [0.5, 0.6) is 0 Å². The predicted molar refractivity (Wildman–Crippen MR) is 76.9 cm³/mol. The molecule has 0 aromatic heterocycles. The minimum absolute atomic E-state index is 0.102. The predicted octanol–water partition coefficient (Wildman–Crippen LogP) is 3.48. The van der Waals surface area contributed by atoms with Gasteiger partial charge in [0.2, 0.25) is 0 Å². The molecule has 3 nitrogen and oxygen atoms in total. The lowest BCUT2D eigenvalue weighted by Gasteiger charge is -2.15. The van der Waals surface area contributed by atoms with Gasteiger partial charge in [0.05, 0.1) is 10.7 Å². The molecule has 1 unspecified atom stereocenters. The molecule has 0 aliphatic heterocycles. The fourth-order valence-corrected chi connectivity index (χ4v) is 1.77. The maximum Gasteiger partial charge on any atom is 0.251 e. The molecule has 0 saturated heterocycles. The molecule has 100 valence electrons. The molecule has 0 fully saturated rings. The quantitative estimate of drug-likeness (QED) is 0.804. The number of amides is 1. The van der Waals surface area contributed by atoms with Crippen LogP contribution >= 0.6 is 11.6 Å². The molecule has 0 aliphatic rings. The Morgan fingerprint density at radius 3 is 2.56 bits per heavy atom. The highest BCUT2D eigenvalue weighted by atomic mass is 35.5. The third-order valence-corrected chi connectivity index (χ3v) is 3.16. The highest BCUT2D eigenvalue weighted by molar-refractivity contribution is 6.33. The van der Waals surface area contributed by atoms with Crippen molar-refractivity contribution >= 4 is 23.2 Å². The maximum absolute atomic E-state index is 12.0. The van der Waals surface area contributed by atoms with Crippen LogP contribution in [0.15, 0.2) is 18.2 Å². The number of carbonyl (C=O) groups excluding carboxylic acids is 1. The Hall–Kier alpha value is -1.22. The summed E-state index contributed by atoms with van der Waals surface area (Å²) in [7, 11) is 0. The first kappa shape index (κ1) is 14.8. The third kappa shape index (κ3) is 4.57. The standard InChI is InChI=1S/C14H21ClN2O/c1-9(2)4-5-10(3)17-14(18)11-6-7-12(15)13(16)8-11/h6-10H,4-5,16H2,1-3H3,(H,17,18). The molecule has 1 aromatic rings. The molecule has 1 amide bonds. The van der Waals surface area contributed by atoms with Crippen molar-refractivity contribution in [3.05, 3.63) is 28.8 Å². The SMILES string of the molecule is CC(C)CCC(C)NC(=O)c1ccc(Cl)c(N)c1. The Kier molecular flexibility index (Phi) is 5.48. The second-order valence-electron chi connectivity index (χ2n) is 5.08. The second kappa shape index (κ2) is 6.64. The lowest BCUT2D eigenvalue weighted by Crippen LogP contribution is -2.32. The number of carbonyl (C=O) groups is 1. The molecule has 1 atom stereocenters. The molecule has 3 N–H and O–H groups in total. The number of hydrogen-bond donors (Lipinski definition) is 2. The van der Waals surface area contributed by atoms with Crippen molar-refractivity contribution in [2.24, 2.45) is 5.92 Å². The summed E-state index contributed by atoms with van der Waals surface area (Å²) in [6.45, 7) is 6.36. The first-order valence-corrected chi connectivity index (χ1v) is 6.64. The van der Waals surface area contributed by atoms with Gasteiger partial charge < -0.3 is 11.1 Å². The van der Waals surface area contributed by atoms with Gasteiger partial charge in [0.15, 0.2) is 0 Å². The van der Waals surface area contributed by atoms with E-state index in [0.29, 0.717) is 22.2 Å². The van der Waals surface area contributed by atoms with Crippen LogP contribution in [0.4, 0.5) is 5.69 Å². The Bertz CT molecular complexity index is 418. The van der Waals surface area contributed by atoms with E-state index >= 15 is 0 Å². The Morgan fingerprint density at radius 1 is 1.33 bits per heavy atom. The molecule has 0 radical (unpaired) electrons. The van der Waals surface area contributed by atoms with Crippen molar-refractivity contribution in [3.8, 4) is 0 Å². The second-order valence-corrected chi connectivity index (χ2v) is 5.49. The number of anilines is 1. The number of nitrogens with one attached hydrogen (secondary N) is 1. The molecule has 0 spiro atoms. The van der Waals surface area contributed by atoms with E-state index < -0.39 is 0 Å². The van der Waals surface area contributed by atoms with Crippen LogP contribution in [0.1, 0.15) is 44.0 Å². The van der Waals surface area contributed by atoms with Gasteiger partial charge in [0, 0.05) is 11.6 Å². The Labute approximate surface area is 114 Å². The number of nitrogens with two attached hydrogens (primary N) is 1. The van der Waals surface area contributed by atoms with Gasteiger partial charge in [-0.3, -0.25) is 4.79 Å². The van der Waals surface area contributed by atoms with E-state index in [1.807, 2.05) is 6.92 Å². The van der Waals surface area contributed by atoms with E-state index in [4.69, 9.17) is 17.3 Å². The van der Waals surface area contributed by atoms with Crippen molar-refractivity contribution in [2.45, 2.75) is 39.7 Å². The maximum atomic E-state index is 12.0. The third-order valence-electron chi connectivity index (χ3n) is 2.81. The first-order chi connectivity index (χ1) is 8.40. The summed E-state index contributed by atoms with van der Waals surface area (Å²) in [5, 5.41) is 3.43. The number of benzene rings is 1. The Balaban J connectivity index is 2.56. The van der Waals surface area contributed by atoms with Crippen molar-refractivity contribution in [1.29, 1.82) is 0 Å². The van der Waals surface area contributed by atoms with Crippen LogP contribution in [0.2, 0.25) is 5.02 Å². The summed E-state index contributed by atoms with van der Waals surface area (Å²) >= 11 is 5.82. The zero-order valence-electron chi connectivity index (χ0n) is 11.2. The van der Waals surface area contributed by atoms with Gasteiger partial charge in [-0.15, -0.1) is 0 Å². The number of nitrogen functional groups attached to an aromatic ring is 1. The van der Waals surface area contributed by atoms with E-state index in [2.05, 4.69) is 19.2 Å². The monoisotopic (exact) mass is 268 g/mol. The molecule has 1 aromatic carbocycles. The van der Waals surface area contributed by atoms with E-state index in [1.54, 1.807) is 18.2 Å². The van der Waals surface area contributed by atoms with E-state index in [1.165, 1.54) is 0 Å². The summed E-state index contributed by atoms with van der Waals surface area (Å²) in [6.07, 6.45) is 2.08. The minimum atomic E-state index is -0.102. The van der Waals surface area contributed by atoms with Crippen molar-refractivity contribution in [2.75, 3.05) is 5.73 Å². The summed E-state index contributed by atoms with van der Waals surface area (Å²) < 4.78 is 0. The summed E-state index contributed by atoms with van der Waals surface area (Å²) in [5.41, 5.74) is 6.65. The molecule has 18 heavy (non-hydrogen) atoms. The zero-order chi connectivity index (χ0) is 13.7. The minimum Gasteiger partial charge on any atom is -0.398 e. The molecule has 0 bridgehead atoms. The largest absolute Gasteiger partial charge is 0.398 e. The van der Waals surface area contributed by atoms with Crippen LogP contribution in [-0.4, -0.2) is 11.9 Å². The lowest BCUT2D eigenvalue weighted by atomic mass is 10.0. The molecule has 4 heteroatoms. The molecule has 0 heterocycles. The molecular formula is C14H21ClN2O. The van der Waals surface area contributed by atoms with Crippen LogP contribution in [0.3, 0.4) is 0 Å². The number of halogens is 1. The number of rotatable bonds is 5. The van der Waals surface area contributed by atoms with Crippen molar-refractivity contribution in [3.63, 3.8) is 0 Å². The fourth-order valence-electron chi connectivity index (χ4n) is 1.65. The van der Waals surface area contributed by atoms with Gasteiger partial charge in [0.1, 0.15) is 0 Å². The normalized spacial score (nSPS) is 12.5. The summed E-state index contributed by atoms with van der Waals surface area (Å²) in [5.74, 6) is 0.546. The van der Waals surface area contributed by atoms with Crippen LogP contribution < -0.4 is 11.1 Å². The topological polar surface area (TPSA) is 55.1 Å². The average molecular weight is 269 g/mol. The Morgan fingerprint density at radius 2 is 2.00 bits per heavy atom. The van der Waals surface area contributed by atoms with Crippen molar-refractivity contribution < 1.29 is 4.79 Å². The van der Waals surface area contributed by atoms with Gasteiger partial charge in [-0.2, -0.15) is 0 Å². The molecule has 0 saturated carbocycles. The highest BCUT2D eigenvalue weighted by Crippen LogP contribution is 2.19.